The number of methoxy groups -OCH3 is 1. The van der Waals surface area contributed by atoms with E-state index >= 15 is 0 Å². The van der Waals surface area contributed by atoms with E-state index in [1.54, 1.807) is 12.1 Å². The van der Waals surface area contributed by atoms with Crippen LogP contribution >= 0.6 is 0 Å². The van der Waals surface area contributed by atoms with Crippen LogP contribution in [0.2, 0.25) is 0 Å². The number of esters is 1. The Morgan fingerprint density at radius 2 is 1.69 bits per heavy atom. The SMILES string of the molecule is COC(=O)COC1(c2ccc(OCc3cccc(Oc4ccc(F)cc4)c3)cc2)COC1. The first-order chi connectivity index (χ1) is 15.6. The van der Waals surface area contributed by atoms with E-state index in [0.717, 1.165) is 11.1 Å². The summed E-state index contributed by atoms with van der Waals surface area (Å²) in [6, 6.07) is 20.9. The summed E-state index contributed by atoms with van der Waals surface area (Å²) in [5, 5.41) is 0. The number of halogens is 1. The molecule has 1 fully saturated rings. The van der Waals surface area contributed by atoms with Gasteiger partial charge in [-0.1, -0.05) is 24.3 Å². The second-order valence-corrected chi connectivity index (χ2v) is 7.37. The summed E-state index contributed by atoms with van der Waals surface area (Å²) < 4.78 is 40.4. The fraction of sp³-hybridized carbons (Fsp3) is 0.240. The van der Waals surface area contributed by atoms with Gasteiger partial charge in [0.05, 0.1) is 20.3 Å². The van der Waals surface area contributed by atoms with Crippen molar-refractivity contribution in [2.45, 2.75) is 12.2 Å². The van der Waals surface area contributed by atoms with Gasteiger partial charge in [0.2, 0.25) is 0 Å². The van der Waals surface area contributed by atoms with Crippen LogP contribution < -0.4 is 9.47 Å². The number of benzene rings is 3. The fourth-order valence-electron chi connectivity index (χ4n) is 3.24. The molecule has 1 saturated heterocycles. The highest BCUT2D eigenvalue weighted by Crippen LogP contribution is 2.34. The van der Waals surface area contributed by atoms with Crippen molar-refractivity contribution >= 4 is 5.97 Å². The Labute approximate surface area is 185 Å². The average Bonchev–Trinajstić information content (AvgIpc) is 2.79. The normalized spacial score (nSPS) is 14.3. The van der Waals surface area contributed by atoms with E-state index in [1.807, 2.05) is 48.5 Å². The quantitative estimate of drug-likeness (QED) is 0.455. The molecule has 0 N–H and O–H groups in total. The molecule has 0 saturated carbocycles. The summed E-state index contributed by atoms with van der Waals surface area (Å²) in [4.78, 5) is 11.4. The molecule has 0 atom stereocenters. The van der Waals surface area contributed by atoms with Gasteiger partial charge in [0.15, 0.2) is 0 Å². The molecular formula is C25H23FO6. The van der Waals surface area contributed by atoms with Crippen molar-refractivity contribution in [3.05, 3.63) is 89.7 Å². The van der Waals surface area contributed by atoms with Gasteiger partial charge in [-0.05, 0) is 59.7 Å². The third-order valence-corrected chi connectivity index (χ3v) is 5.10. The fourth-order valence-corrected chi connectivity index (χ4v) is 3.24. The lowest BCUT2D eigenvalue weighted by Crippen LogP contribution is -2.49. The van der Waals surface area contributed by atoms with Gasteiger partial charge in [-0.2, -0.15) is 0 Å². The van der Waals surface area contributed by atoms with Gasteiger partial charge in [-0.25, -0.2) is 9.18 Å². The van der Waals surface area contributed by atoms with Gasteiger partial charge < -0.3 is 23.7 Å². The van der Waals surface area contributed by atoms with E-state index in [1.165, 1.54) is 19.2 Å². The first-order valence-electron chi connectivity index (χ1n) is 10.1. The smallest absolute Gasteiger partial charge is 0.331 e. The minimum absolute atomic E-state index is 0.131. The molecule has 166 valence electrons. The van der Waals surface area contributed by atoms with Crippen molar-refractivity contribution in [2.75, 3.05) is 26.9 Å². The second kappa shape index (κ2) is 9.80. The molecule has 0 bridgehead atoms. The molecule has 0 unspecified atom stereocenters. The molecule has 6 nitrogen and oxygen atoms in total. The highest BCUT2D eigenvalue weighted by atomic mass is 19.1. The van der Waals surface area contributed by atoms with Crippen LogP contribution in [0, 0.1) is 5.82 Å². The maximum atomic E-state index is 13.0. The van der Waals surface area contributed by atoms with Crippen LogP contribution in [-0.2, 0) is 31.2 Å². The predicted octanol–water partition coefficient (Wildman–Crippen LogP) is 4.61. The zero-order valence-corrected chi connectivity index (χ0v) is 17.6. The molecule has 1 aliphatic rings. The monoisotopic (exact) mass is 438 g/mol. The van der Waals surface area contributed by atoms with Gasteiger partial charge in [0, 0.05) is 0 Å². The molecule has 0 radical (unpaired) electrons. The molecule has 0 aliphatic carbocycles. The highest BCUT2D eigenvalue weighted by molar-refractivity contribution is 5.70. The molecule has 1 heterocycles. The van der Waals surface area contributed by atoms with Crippen LogP contribution in [0.15, 0.2) is 72.8 Å². The minimum Gasteiger partial charge on any atom is -0.489 e. The number of ether oxygens (including phenoxy) is 5. The first-order valence-corrected chi connectivity index (χ1v) is 10.1. The Morgan fingerprint density at radius 1 is 0.969 bits per heavy atom. The number of hydrogen-bond acceptors (Lipinski definition) is 6. The zero-order valence-electron chi connectivity index (χ0n) is 17.6. The molecule has 0 aromatic heterocycles. The zero-order chi connectivity index (χ0) is 22.4. The second-order valence-electron chi connectivity index (χ2n) is 7.37. The van der Waals surface area contributed by atoms with Crippen LogP contribution in [0.1, 0.15) is 11.1 Å². The molecule has 0 spiro atoms. The molecule has 1 aliphatic heterocycles. The third kappa shape index (κ3) is 5.25. The van der Waals surface area contributed by atoms with Gasteiger partial charge in [0.25, 0.3) is 0 Å². The Balaban J connectivity index is 1.35. The van der Waals surface area contributed by atoms with Gasteiger partial charge in [-0.3, -0.25) is 0 Å². The van der Waals surface area contributed by atoms with Crippen LogP contribution in [-0.4, -0.2) is 32.9 Å². The van der Waals surface area contributed by atoms with Crippen molar-refractivity contribution in [1.29, 1.82) is 0 Å². The van der Waals surface area contributed by atoms with Gasteiger partial charge in [0.1, 0.15) is 41.9 Å². The van der Waals surface area contributed by atoms with E-state index in [2.05, 4.69) is 4.74 Å². The Morgan fingerprint density at radius 3 is 2.34 bits per heavy atom. The summed E-state index contributed by atoms with van der Waals surface area (Å²) in [6.07, 6.45) is 0. The minimum atomic E-state index is -0.640. The molecule has 3 aromatic carbocycles. The Kier molecular flexibility index (Phi) is 6.68. The first kappa shape index (κ1) is 21.8. The lowest BCUT2D eigenvalue weighted by molar-refractivity contribution is -0.220. The lowest BCUT2D eigenvalue weighted by Gasteiger charge is -2.41. The molecule has 7 heteroatoms. The summed E-state index contributed by atoms with van der Waals surface area (Å²) in [6.45, 7) is 0.984. The maximum absolute atomic E-state index is 13.0. The van der Waals surface area contributed by atoms with Crippen LogP contribution in [0.4, 0.5) is 4.39 Å². The summed E-state index contributed by atoms with van der Waals surface area (Å²) in [5.41, 5.74) is 1.20. The summed E-state index contributed by atoms with van der Waals surface area (Å²) in [7, 11) is 1.33. The van der Waals surface area contributed by atoms with Gasteiger partial charge >= 0.3 is 5.97 Å². The third-order valence-electron chi connectivity index (χ3n) is 5.10. The summed E-state index contributed by atoms with van der Waals surface area (Å²) >= 11 is 0. The number of hydrogen-bond donors (Lipinski definition) is 0. The van der Waals surface area contributed by atoms with E-state index in [9.17, 15) is 9.18 Å². The molecule has 0 amide bonds. The molecule has 32 heavy (non-hydrogen) atoms. The Hall–Kier alpha value is -3.42. The van der Waals surface area contributed by atoms with Crippen molar-refractivity contribution in [1.82, 2.24) is 0 Å². The van der Waals surface area contributed by atoms with E-state index in [0.29, 0.717) is 37.1 Å². The highest BCUT2D eigenvalue weighted by Gasteiger charge is 2.42. The summed E-state index contributed by atoms with van der Waals surface area (Å²) in [5.74, 6) is 1.16. The van der Waals surface area contributed by atoms with E-state index < -0.39 is 11.6 Å². The molecule has 4 rings (SSSR count). The van der Waals surface area contributed by atoms with Gasteiger partial charge in [-0.15, -0.1) is 0 Å². The standard InChI is InChI=1S/C25H23FO6/c1-28-24(27)15-31-25(16-29-17-25)19-5-9-21(10-6-19)30-14-18-3-2-4-23(13-18)32-22-11-7-20(26)8-12-22/h2-13H,14-17H2,1H3. The van der Waals surface area contributed by atoms with Crippen molar-refractivity contribution in [3.8, 4) is 17.2 Å². The van der Waals surface area contributed by atoms with Crippen LogP contribution in [0.3, 0.4) is 0 Å². The van der Waals surface area contributed by atoms with Crippen molar-refractivity contribution in [3.63, 3.8) is 0 Å². The Bertz CT molecular complexity index is 1040. The van der Waals surface area contributed by atoms with Crippen molar-refractivity contribution in [2.24, 2.45) is 0 Å². The largest absolute Gasteiger partial charge is 0.489 e. The predicted molar refractivity (Wildman–Crippen MR) is 114 cm³/mol. The number of carbonyl (C=O) groups is 1. The molecular weight excluding hydrogens is 415 g/mol. The molecule has 3 aromatic rings. The van der Waals surface area contributed by atoms with Crippen molar-refractivity contribution < 1.29 is 32.9 Å². The van der Waals surface area contributed by atoms with Crippen LogP contribution in [0.25, 0.3) is 0 Å². The lowest BCUT2D eigenvalue weighted by atomic mass is 9.91. The average molecular weight is 438 g/mol. The van der Waals surface area contributed by atoms with Crippen LogP contribution in [0.5, 0.6) is 17.2 Å². The number of rotatable bonds is 9. The van der Waals surface area contributed by atoms with E-state index in [4.69, 9.17) is 18.9 Å². The maximum Gasteiger partial charge on any atom is 0.331 e. The number of carbonyl (C=O) groups excluding carboxylic acids is 1. The topological polar surface area (TPSA) is 63.2 Å². The van der Waals surface area contributed by atoms with E-state index in [-0.39, 0.29) is 12.4 Å².